The number of phenols is 1. The number of aromatic carboxylic acids is 1. The molecule has 0 fully saturated rings. The number of benzene rings is 1. The van der Waals surface area contributed by atoms with E-state index in [0.717, 1.165) is 0 Å². The van der Waals surface area contributed by atoms with Gasteiger partial charge in [0.25, 0.3) is 5.91 Å². The molecule has 0 saturated carbocycles. The molecule has 2 amide bonds. The summed E-state index contributed by atoms with van der Waals surface area (Å²) in [5, 5.41) is 23.9. The van der Waals surface area contributed by atoms with E-state index in [0.29, 0.717) is 35.3 Å². The van der Waals surface area contributed by atoms with E-state index in [1.54, 1.807) is 6.92 Å². The number of carbonyl (C=O) groups excluding carboxylic acids is 2. The van der Waals surface area contributed by atoms with Crippen LogP contribution in [-0.2, 0) is 9.59 Å². The van der Waals surface area contributed by atoms with Crippen LogP contribution in [0.15, 0.2) is 30.4 Å². The zero-order valence-corrected chi connectivity index (χ0v) is 15.3. The number of carboxylic acids is 1. The SMILES string of the molecule is C=C(C)C(=O)NCCC[N+](C)(C)CC(=O)Nc1ccc(C(=O)O)c(O)c1. The number of anilines is 1. The summed E-state index contributed by atoms with van der Waals surface area (Å²) in [6.07, 6.45) is 0.702. The third-order valence-corrected chi connectivity index (χ3v) is 3.70. The number of aromatic hydroxyl groups is 1. The number of likely N-dealkylation sites (N-methyl/N-ethyl adjacent to an activating group) is 1. The van der Waals surface area contributed by atoms with Crippen LogP contribution in [0.4, 0.5) is 5.69 Å². The van der Waals surface area contributed by atoms with Gasteiger partial charge in [0.1, 0.15) is 11.3 Å². The Morgan fingerprint density at radius 2 is 1.88 bits per heavy atom. The van der Waals surface area contributed by atoms with Gasteiger partial charge >= 0.3 is 5.97 Å². The average Bonchev–Trinajstić information content (AvgIpc) is 2.50. The Morgan fingerprint density at radius 1 is 1.23 bits per heavy atom. The minimum Gasteiger partial charge on any atom is -0.507 e. The zero-order chi connectivity index (χ0) is 19.9. The summed E-state index contributed by atoms with van der Waals surface area (Å²) in [5.41, 5.74) is 0.553. The molecule has 0 aliphatic heterocycles. The molecule has 0 aliphatic carbocycles. The third kappa shape index (κ3) is 6.94. The predicted molar refractivity (Wildman–Crippen MR) is 98.0 cm³/mol. The predicted octanol–water partition coefficient (Wildman–Crippen LogP) is 1.19. The quantitative estimate of drug-likeness (QED) is 0.298. The van der Waals surface area contributed by atoms with Gasteiger partial charge in [-0.15, -0.1) is 0 Å². The molecule has 0 aromatic heterocycles. The molecular weight excluding hydrogens is 338 g/mol. The molecule has 8 heteroatoms. The Bertz CT molecular complexity index is 713. The molecular formula is C18H26N3O5+. The molecule has 0 spiro atoms. The summed E-state index contributed by atoms with van der Waals surface area (Å²) < 4.78 is 0.411. The van der Waals surface area contributed by atoms with Crippen LogP contribution in [0.3, 0.4) is 0 Å². The van der Waals surface area contributed by atoms with Crippen LogP contribution < -0.4 is 10.6 Å². The van der Waals surface area contributed by atoms with E-state index in [9.17, 15) is 19.5 Å². The Hall–Kier alpha value is -2.87. The van der Waals surface area contributed by atoms with Gasteiger partial charge < -0.3 is 25.3 Å². The Balaban J connectivity index is 2.50. The fraction of sp³-hybridized carbons (Fsp3) is 0.389. The molecule has 1 rings (SSSR count). The lowest BCUT2D eigenvalue weighted by molar-refractivity contribution is -0.882. The first-order chi connectivity index (χ1) is 12.0. The second kappa shape index (κ2) is 9.00. The summed E-state index contributed by atoms with van der Waals surface area (Å²) >= 11 is 0. The van der Waals surface area contributed by atoms with Gasteiger partial charge in [0.15, 0.2) is 6.54 Å². The molecule has 1 aromatic carbocycles. The van der Waals surface area contributed by atoms with E-state index in [-0.39, 0.29) is 23.9 Å². The van der Waals surface area contributed by atoms with Crippen molar-refractivity contribution in [2.24, 2.45) is 0 Å². The number of carboxylic acid groups (broad SMARTS) is 1. The number of carbonyl (C=O) groups is 3. The first-order valence-electron chi connectivity index (χ1n) is 8.14. The first kappa shape index (κ1) is 21.2. The maximum Gasteiger partial charge on any atom is 0.339 e. The van der Waals surface area contributed by atoms with E-state index in [1.165, 1.54) is 18.2 Å². The smallest absolute Gasteiger partial charge is 0.339 e. The van der Waals surface area contributed by atoms with Crippen molar-refractivity contribution >= 4 is 23.5 Å². The first-order valence-corrected chi connectivity index (χ1v) is 8.14. The number of hydrogen-bond donors (Lipinski definition) is 4. The highest BCUT2D eigenvalue weighted by atomic mass is 16.4. The minimum absolute atomic E-state index is 0.183. The second-order valence-electron chi connectivity index (χ2n) is 6.79. The Labute approximate surface area is 152 Å². The van der Waals surface area contributed by atoms with E-state index >= 15 is 0 Å². The third-order valence-electron chi connectivity index (χ3n) is 3.70. The molecule has 0 radical (unpaired) electrons. The van der Waals surface area contributed by atoms with Crippen molar-refractivity contribution < 1.29 is 29.1 Å². The molecule has 142 valence electrons. The number of nitrogens with zero attached hydrogens (tertiary/aromatic N) is 1. The number of amides is 2. The van der Waals surface area contributed by atoms with E-state index in [4.69, 9.17) is 5.11 Å². The van der Waals surface area contributed by atoms with Crippen LogP contribution in [0.2, 0.25) is 0 Å². The number of rotatable bonds is 9. The van der Waals surface area contributed by atoms with Crippen LogP contribution in [-0.4, -0.2) is 66.2 Å². The monoisotopic (exact) mass is 364 g/mol. The zero-order valence-electron chi connectivity index (χ0n) is 15.3. The highest BCUT2D eigenvalue weighted by Crippen LogP contribution is 2.22. The van der Waals surface area contributed by atoms with Gasteiger partial charge in [-0.25, -0.2) is 4.79 Å². The van der Waals surface area contributed by atoms with Gasteiger partial charge in [-0.05, 0) is 19.1 Å². The van der Waals surface area contributed by atoms with Crippen molar-refractivity contribution in [3.63, 3.8) is 0 Å². The highest BCUT2D eigenvalue weighted by molar-refractivity contribution is 5.95. The van der Waals surface area contributed by atoms with Gasteiger partial charge in [-0.3, -0.25) is 9.59 Å². The van der Waals surface area contributed by atoms with E-state index in [1.807, 2.05) is 14.1 Å². The van der Waals surface area contributed by atoms with Gasteiger partial charge in [-0.2, -0.15) is 0 Å². The molecule has 0 heterocycles. The molecule has 0 atom stereocenters. The Kier molecular flexibility index (Phi) is 7.33. The van der Waals surface area contributed by atoms with Gasteiger partial charge in [0.05, 0.1) is 20.6 Å². The lowest BCUT2D eigenvalue weighted by atomic mass is 10.2. The summed E-state index contributed by atoms with van der Waals surface area (Å²) in [6, 6.07) is 3.86. The maximum atomic E-state index is 12.2. The molecule has 26 heavy (non-hydrogen) atoms. The number of nitrogens with one attached hydrogen (secondary N) is 2. The summed E-state index contributed by atoms with van der Waals surface area (Å²) in [4.78, 5) is 34.5. The fourth-order valence-electron chi connectivity index (χ4n) is 2.32. The average molecular weight is 364 g/mol. The van der Waals surface area contributed by atoms with Gasteiger partial charge in [0, 0.05) is 30.3 Å². The second-order valence-corrected chi connectivity index (χ2v) is 6.79. The molecule has 8 nitrogen and oxygen atoms in total. The van der Waals surface area contributed by atoms with Crippen LogP contribution in [0, 0.1) is 0 Å². The molecule has 1 aromatic rings. The molecule has 0 unspecified atom stereocenters. The highest BCUT2D eigenvalue weighted by Gasteiger charge is 2.20. The van der Waals surface area contributed by atoms with Crippen LogP contribution in [0.5, 0.6) is 5.75 Å². The number of hydrogen-bond acceptors (Lipinski definition) is 4. The largest absolute Gasteiger partial charge is 0.507 e. The lowest BCUT2D eigenvalue weighted by Gasteiger charge is -2.29. The van der Waals surface area contributed by atoms with Crippen molar-refractivity contribution in [1.29, 1.82) is 0 Å². The van der Waals surface area contributed by atoms with Crippen LogP contribution >= 0.6 is 0 Å². The van der Waals surface area contributed by atoms with Crippen LogP contribution in [0.25, 0.3) is 0 Å². The maximum absolute atomic E-state index is 12.2. The minimum atomic E-state index is -1.24. The molecule has 0 aliphatic rings. The van der Waals surface area contributed by atoms with E-state index < -0.39 is 11.7 Å². The summed E-state index contributed by atoms with van der Waals surface area (Å²) in [7, 11) is 3.79. The summed E-state index contributed by atoms with van der Waals surface area (Å²) in [5.74, 6) is -2.09. The van der Waals surface area contributed by atoms with Crippen LogP contribution in [0.1, 0.15) is 23.7 Å². The standard InChI is InChI=1S/C18H25N3O5/c1-12(2)17(24)19-8-5-9-21(3,4)11-16(23)20-13-6-7-14(18(25)26)15(22)10-13/h6-7,10H,1,5,8-9,11H2,2-4H3,(H3-,19,20,22,23,24,25,26)/p+1. The van der Waals surface area contributed by atoms with Crippen molar-refractivity contribution in [1.82, 2.24) is 5.32 Å². The van der Waals surface area contributed by atoms with Gasteiger partial charge in [0.2, 0.25) is 5.91 Å². The number of quaternary nitrogens is 1. The normalized spacial score (nSPS) is 10.9. The van der Waals surface area contributed by atoms with Crippen molar-refractivity contribution in [3.8, 4) is 5.75 Å². The lowest BCUT2D eigenvalue weighted by Crippen LogP contribution is -2.47. The van der Waals surface area contributed by atoms with Crippen molar-refractivity contribution in [3.05, 3.63) is 35.9 Å². The summed E-state index contributed by atoms with van der Waals surface area (Å²) in [6.45, 7) is 6.57. The fourth-order valence-corrected chi connectivity index (χ4v) is 2.32. The topological polar surface area (TPSA) is 116 Å². The molecule has 0 saturated heterocycles. The van der Waals surface area contributed by atoms with E-state index in [2.05, 4.69) is 17.2 Å². The van der Waals surface area contributed by atoms with Gasteiger partial charge in [-0.1, -0.05) is 6.58 Å². The molecule has 4 N–H and O–H groups in total. The Morgan fingerprint density at radius 3 is 2.42 bits per heavy atom. The van der Waals surface area contributed by atoms with Crippen molar-refractivity contribution in [2.45, 2.75) is 13.3 Å². The van der Waals surface area contributed by atoms with Crippen molar-refractivity contribution in [2.75, 3.05) is 39.0 Å². The molecule has 0 bridgehead atoms.